The normalized spacial score (nSPS) is 11.7. The van der Waals surface area contributed by atoms with E-state index in [9.17, 15) is 18.0 Å². The summed E-state index contributed by atoms with van der Waals surface area (Å²) in [4.78, 5) is 25.0. The molecular formula is C18H20BrN3O4S. The molecule has 0 radical (unpaired) electrons. The number of sulfonamides is 1. The predicted molar refractivity (Wildman–Crippen MR) is 107 cm³/mol. The summed E-state index contributed by atoms with van der Waals surface area (Å²) in [6.07, 6.45) is 0. The van der Waals surface area contributed by atoms with E-state index in [1.165, 1.54) is 18.2 Å². The van der Waals surface area contributed by atoms with Gasteiger partial charge in [0.1, 0.15) is 0 Å². The molecule has 0 aromatic heterocycles. The van der Waals surface area contributed by atoms with Gasteiger partial charge in [-0.1, -0.05) is 12.1 Å². The van der Waals surface area contributed by atoms with Gasteiger partial charge in [-0.2, -0.15) is 0 Å². The molecule has 0 aliphatic rings. The van der Waals surface area contributed by atoms with Crippen LogP contribution in [0.2, 0.25) is 0 Å². The monoisotopic (exact) mass is 453 g/mol. The molecule has 0 aliphatic heterocycles. The molecule has 0 fully saturated rings. The lowest BCUT2D eigenvalue weighted by Crippen LogP contribution is -2.40. The first-order chi connectivity index (χ1) is 12.4. The first-order valence-electron chi connectivity index (χ1n) is 7.94. The molecule has 0 spiro atoms. The van der Waals surface area contributed by atoms with Crippen molar-refractivity contribution < 1.29 is 18.0 Å². The number of nitrogens with one attached hydrogen (secondary N) is 2. The van der Waals surface area contributed by atoms with Crippen LogP contribution < -0.4 is 15.8 Å². The smallest absolute Gasteiger partial charge is 0.256 e. The van der Waals surface area contributed by atoms with Gasteiger partial charge < -0.3 is 10.6 Å². The standard InChI is InChI=1S/C18H20BrN3O4S/c1-18(2,3)22-17(24)12-6-4-5-7-15(12)21-16(23)13-10-11(27(20,25)26)8-9-14(13)19/h4-10H,1-3H3,(H,21,23)(H,22,24)(H2,20,25,26). The maximum Gasteiger partial charge on any atom is 0.256 e. The lowest BCUT2D eigenvalue weighted by Gasteiger charge is -2.21. The van der Waals surface area contributed by atoms with Gasteiger partial charge in [-0.15, -0.1) is 0 Å². The van der Waals surface area contributed by atoms with Crippen molar-refractivity contribution in [3.05, 3.63) is 58.1 Å². The van der Waals surface area contributed by atoms with E-state index in [1.807, 2.05) is 20.8 Å². The Morgan fingerprint density at radius 3 is 2.22 bits per heavy atom. The fourth-order valence-electron chi connectivity index (χ4n) is 2.24. The number of amides is 2. The zero-order valence-electron chi connectivity index (χ0n) is 15.0. The number of benzene rings is 2. The van der Waals surface area contributed by atoms with Crippen LogP contribution in [0.4, 0.5) is 5.69 Å². The van der Waals surface area contributed by atoms with Crippen LogP contribution in [0, 0.1) is 0 Å². The third kappa shape index (κ3) is 5.62. The summed E-state index contributed by atoms with van der Waals surface area (Å²) in [5.74, 6) is -0.917. The number of primary sulfonamides is 1. The molecule has 0 unspecified atom stereocenters. The van der Waals surface area contributed by atoms with Gasteiger partial charge >= 0.3 is 0 Å². The highest BCUT2D eigenvalue weighted by molar-refractivity contribution is 9.10. The fourth-order valence-corrected chi connectivity index (χ4v) is 3.21. The molecule has 0 bridgehead atoms. The third-order valence-corrected chi connectivity index (χ3v) is 5.02. The van der Waals surface area contributed by atoms with Crippen molar-refractivity contribution in [1.29, 1.82) is 0 Å². The van der Waals surface area contributed by atoms with Gasteiger partial charge in [0.2, 0.25) is 10.0 Å². The average Bonchev–Trinajstić information content (AvgIpc) is 2.52. The maximum atomic E-state index is 12.7. The van der Waals surface area contributed by atoms with Crippen LogP contribution in [0.1, 0.15) is 41.5 Å². The van der Waals surface area contributed by atoms with Crippen molar-refractivity contribution in [3.8, 4) is 0 Å². The summed E-state index contributed by atoms with van der Waals surface area (Å²) < 4.78 is 23.5. The highest BCUT2D eigenvalue weighted by atomic mass is 79.9. The number of carbonyl (C=O) groups excluding carboxylic acids is 2. The van der Waals surface area contributed by atoms with Gasteiger partial charge in [-0.05, 0) is 67.0 Å². The number of para-hydroxylation sites is 1. The minimum Gasteiger partial charge on any atom is -0.347 e. The largest absolute Gasteiger partial charge is 0.347 e. The highest BCUT2D eigenvalue weighted by Gasteiger charge is 2.20. The molecular weight excluding hydrogens is 434 g/mol. The van der Waals surface area contributed by atoms with E-state index < -0.39 is 21.5 Å². The summed E-state index contributed by atoms with van der Waals surface area (Å²) >= 11 is 3.22. The first kappa shape index (κ1) is 21.1. The zero-order valence-corrected chi connectivity index (χ0v) is 17.4. The molecule has 2 amide bonds. The first-order valence-corrected chi connectivity index (χ1v) is 10.3. The number of halogens is 1. The number of anilines is 1. The number of rotatable bonds is 4. The van der Waals surface area contributed by atoms with Crippen molar-refractivity contribution in [1.82, 2.24) is 5.32 Å². The van der Waals surface area contributed by atoms with E-state index >= 15 is 0 Å². The number of carbonyl (C=O) groups is 2. The Labute approximate surface area is 166 Å². The summed E-state index contributed by atoms with van der Waals surface area (Å²) in [6, 6.07) is 10.4. The summed E-state index contributed by atoms with van der Waals surface area (Å²) in [5, 5.41) is 10.6. The molecule has 0 saturated carbocycles. The topological polar surface area (TPSA) is 118 Å². The van der Waals surface area contributed by atoms with Crippen LogP contribution in [-0.4, -0.2) is 25.8 Å². The van der Waals surface area contributed by atoms with E-state index in [4.69, 9.17) is 5.14 Å². The van der Waals surface area contributed by atoms with Crippen molar-refractivity contribution in [3.63, 3.8) is 0 Å². The van der Waals surface area contributed by atoms with E-state index in [0.717, 1.165) is 0 Å². The fraction of sp³-hybridized carbons (Fsp3) is 0.222. The Morgan fingerprint density at radius 1 is 1.00 bits per heavy atom. The molecule has 0 atom stereocenters. The Morgan fingerprint density at radius 2 is 1.63 bits per heavy atom. The minimum absolute atomic E-state index is 0.0764. The van der Waals surface area contributed by atoms with Crippen LogP contribution in [0.15, 0.2) is 51.8 Å². The maximum absolute atomic E-state index is 12.7. The third-order valence-electron chi connectivity index (χ3n) is 3.42. The van der Waals surface area contributed by atoms with E-state index in [1.54, 1.807) is 24.3 Å². The average molecular weight is 454 g/mol. The second-order valence-electron chi connectivity index (χ2n) is 6.89. The number of nitrogens with two attached hydrogens (primary N) is 1. The lowest BCUT2D eigenvalue weighted by atomic mass is 10.1. The second-order valence-corrected chi connectivity index (χ2v) is 9.31. The summed E-state index contributed by atoms with van der Waals surface area (Å²) in [6.45, 7) is 5.55. The molecule has 144 valence electrons. The van der Waals surface area contributed by atoms with Gasteiger partial charge in [0.05, 0.1) is 21.7 Å². The van der Waals surface area contributed by atoms with Gasteiger partial charge in [0, 0.05) is 10.0 Å². The van der Waals surface area contributed by atoms with E-state index in [-0.39, 0.29) is 16.4 Å². The van der Waals surface area contributed by atoms with E-state index in [2.05, 4.69) is 26.6 Å². The zero-order chi connectivity index (χ0) is 20.4. The minimum atomic E-state index is -3.96. The molecule has 0 saturated heterocycles. The van der Waals surface area contributed by atoms with Crippen LogP contribution in [0.25, 0.3) is 0 Å². The Kier molecular flexibility index (Phi) is 6.08. The SMILES string of the molecule is CC(C)(C)NC(=O)c1ccccc1NC(=O)c1cc(S(N)(=O)=O)ccc1Br. The molecule has 9 heteroatoms. The molecule has 2 aromatic rings. The Hall–Kier alpha value is -2.23. The van der Waals surface area contributed by atoms with Crippen LogP contribution in [0.3, 0.4) is 0 Å². The molecule has 0 heterocycles. The van der Waals surface area contributed by atoms with E-state index in [0.29, 0.717) is 15.7 Å². The van der Waals surface area contributed by atoms with Crippen molar-refractivity contribution in [2.75, 3.05) is 5.32 Å². The molecule has 27 heavy (non-hydrogen) atoms. The van der Waals surface area contributed by atoms with Gasteiger partial charge in [0.25, 0.3) is 11.8 Å². The van der Waals surface area contributed by atoms with Gasteiger partial charge in [-0.25, -0.2) is 13.6 Å². The summed E-state index contributed by atoms with van der Waals surface area (Å²) in [7, 11) is -3.96. The Balaban J connectivity index is 2.36. The van der Waals surface area contributed by atoms with Gasteiger partial charge in [-0.3, -0.25) is 9.59 Å². The van der Waals surface area contributed by atoms with Crippen LogP contribution in [-0.2, 0) is 10.0 Å². The quantitative estimate of drug-likeness (QED) is 0.658. The number of hydrogen-bond donors (Lipinski definition) is 3. The van der Waals surface area contributed by atoms with Crippen molar-refractivity contribution in [2.24, 2.45) is 5.14 Å². The van der Waals surface area contributed by atoms with Crippen LogP contribution >= 0.6 is 15.9 Å². The van der Waals surface area contributed by atoms with Crippen molar-refractivity contribution >= 4 is 43.5 Å². The molecule has 2 aromatic carbocycles. The second kappa shape index (κ2) is 7.79. The predicted octanol–water partition coefficient (Wildman–Crippen LogP) is 2.88. The Bertz CT molecular complexity index is 998. The molecule has 7 nitrogen and oxygen atoms in total. The highest BCUT2D eigenvalue weighted by Crippen LogP contribution is 2.23. The lowest BCUT2D eigenvalue weighted by molar-refractivity contribution is 0.0920. The molecule has 0 aliphatic carbocycles. The molecule has 2 rings (SSSR count). The van der Waals surface area contributed by atoms with Gasteiger partial charge in [0.15, 0.2) is 0 Å². The molecule has 4 N–H and O–H groups in total. The number of hydrogen-bond acceptors (Lipinski definition) is 4. The summed E-state index contributed by atoms with van der Waals surface area (Å²) in [5.41, 5.74) is 0.227. The van der Waals surface area contributed by atoms with Crippen LogP contribution in [0.5, 0.6) is 0 Å². The van der Waals surface area contributed by atoms with Crippen molar-refractivity contribution in [2.45, 2.75) is 31.2 Å².